The lowest BCUT2D eigenvalue weighted by molar-refractivity contribution is 0.842. The van der Waals surface area contributed by atoms with Crippen molar-refractivity contribution in [2.45, 2.75) is 11.5 Å². The van der Waals surface area contributed by atoms with E-state index < -0.39 is 0 Å². The highest BCUT2D eigenvalue weighted by Crippen LogP contribution is 2.31. The van der Waals surface area contributed by atoms with E-state index in [4.69, 9.17) is 0 Å². The van der Waals surface area contributed by atoms with Crippen molar-refractivity contribution in [2.24, 2.45) is 0 Å². The number of fused-ring (bicyclic) bond motifs is 1. The molecule has 0 saturated carbocycles. The van der Waals surface area contributed by atoms with E-state index in [1.807, 2.05) is 34.8 Å². The van der Waals surface area contributed by atoms with Gasteiger partial charge in [0.2, 0.25) is 0 Å². The van der Waals surface area contributed by atoms with Crippen molar-refractivity contribution in [1.29, 1.82) is 0 Å². The molecule has 1 aromatic carbocycles. The fraction of sp³-hybridized carbons (Fsp3) is 0.182. The summed E-state index contributed by atoms with van der Waals surface area (Å²) in [5.41, 5.74) is 3.87. The number of hydrogen-bond donors (Lipinski definition) is 0. The molecule has 0 unspecified atom stereocenters. The first-order valence-electron chi connectivity index (χ1n) is 4.74. The zero-order valence-electron chi connectivity index (χ0n) is 7.98. The zero-order valence-corrected chi connectivity index (χ0v) is 10.4. The fourth-order valence-corrected chi connectivity index (χ4v) is 3.07. The predicted molar refractivity (Wildman–Crippen MR) is 66.3 cm³/mol. The maximum Gasteiger partial charge on any atom is 0.0650 e. The number of nitrogens with zero attached hydrogens (tertiary/aromatic N) is 2. The van der Waals surface area contributed by atoms with Crippen molar-refractivity contribution in [3.05, 3.63) is 46.2 Å². The summed E-state index contributed by atoms with van der Waals surface area (Å²) in [6.07, 6.45) is 1.98. The third kappa shape index (κ3) is 1.62. The molecule has 2 nitrogen and oxygen atoms in total. The Balaban J connectivity index is 2.09. The van der Waals surface area contributed by atoms with Crippen molar-refractivity contribution in [3.8, 4) is 5.69 Å². The molecule has 0 saturated heterocycles. The quantitative estimate of drug-likeness (QED) is 0.797. The molecule has 15 heavy (non-hydrogen) atoms. The van der Waals surface area contributed by atoms with E-state index in [0.717, 1.165) is 21.7 Å². The minimum atomic E-state index is 1.07. The second-order valence-corrected chi connectivity index (χ2v) is 5.40. The molecule has 2 aromatic rings. The van der Waals surface area contributed by atoms with Gasteiger partial charge in [-0.1, -0.05) is 15.9 Å². The molecular weight excluding hydrogens is 272 g/mol. The molecule has 0 aliphatic carbocycles. The monoisotopic (exact) mass is 280 g/mol. The Labute approximate surface area is 101 Å². The van der Waals surface area contributed by atoms with Crippen LogP contribution in [0, 0.1) is 0 Å². The standard InChI is InChI=1S/C11H9BrN2S/c12-9-1-3-10(4-2-9)14-11-7-15-6-8(11)5-13-14/h1-5H,6-7H2. The van der Waals surface area contributed by atoms with Gasteiger partial charge in [0, 0.05) is 21.5 Å². The van der Waals surface area contributed by atoms with Crippen LogP contribution in [-0.2, 0) is 11.5 Å². The highest BCUT2D eigenvalue weighted by atomic mass is 79.9. The topological polar surface area (TPSA) is 17.8 Å². The summed E-state index contributed by atoms with van der Waals surface area (Å²) in [7, 11) is 0. The van der Waals surface area contributed by atoms with E-state index >= 15 is 0 Å². The second-order valence-electron chi connectivity index (χ2n) is 3.50. The zero-order chi connectivity index (χ0) is 10.3. The van der Waals surface area contributed by atoms with Crippen LogP contribution in [0.1, 0.15) is 11.3 Å². The van der Waals surface area contributed by atoms with Crippen LogP contribution >= 0.6 is 27.7 Å². The molecule has 2 heterocycles. The molecule has 1 aromatic heterocycles. The Morgan fingerprint density at radius 2 is 2.00 bits per heavy atom. The van der Waals surface area contributed by atoms with Gasteiger partial charge >= 0.3 is 0 Å². The predicted octanol–water partition coefficient (Wildman–Crippen LogP) is 3.38. The minimum Gasteiger partial charge on any atom is -0.237 e. The molecule has 76 valence electrons. The smallest absolute Gasteiger partial charge is 0.0650 e. The van der Waals surface area contributed by atoms with Gasteiger partial charge in [-0.15, -0.1) is 0 Å². The molecule has 0 spiro atoms. The lowest BCUT2D eigenvalue weighted by Gasteiger charge is -2.04. The van der Waals surface area contributed by atoms with Crippen molar-refractivity contribution in [2.75, 3.05) is 0 Å². The number of benzene rings is 1. The SMILES string of the molecule is Brc1ccc(-n2ncc3c2CSC3)cc1. The number of thioether (sulfide) groups is 1. The highest BCUT2D eigenvalue weighted by molar-refractivity contribution is 9.10. The van der Waals surface area contributed by atoms with Gasteiger partial charge in [-0.3, -0.25) is 0 Å². The Kier molecular flexibility index (Phi) is 2.33. The van der Waals surface area contributed by atoms with Crippen molar-refractivity contribution >= 4 is 27.7 Å². The molecule has 0 bridgehead atoms. The van der Waals surface area contributed by atoms with Crippen molar-refractivity contribution < 1.29 is 0 Å². The van der Waals surface area contributed by atoms with Gasteiger partial charge < -0.3 is 0 Å². The molecule has 0 radical (unpaired) electrons. The lowest BCUT2D eigenvalue weighted by atomic mass is 10.3. The van der Waals surface area contributed by atoms with Crippen LogP contribution in [0.4, 0.5) is 0 Å². The summed E-state index contributed by atoms with van der Waals surface area (Å²) >= 11 is 5.39. The van der Waals surface area contributed by atoms with Gasteiger partial charge in [-0.2, -0.15) is 16.9 Å². The number of rotatable bonds is 1. The van der Waals surface area contributed by atoms with E-state index in [0.29, 0.717) is 0 Å². The second kappa shape index (κ2) is 3.68. The highest BCUT2D eigenvalue weighted by Gasteiger charge is 2.17. The summed E-state index contributed by atoms with van der Waals surface area (Å²) in [4.78, 5) is 0. The molecule has 0 amide bonds. The molecule has 0 atom stereocenters. The number of hydrogen-bond acceptors (Lipinski definition) is 2. The van der Waals surface area contributed by atoms with E-state index in [1.165, 1.54) is 11.3 Å². The van der Waals surface area contributed by atoms with Gasteiger partial charge in [0.05, 0.1) is 17.6 Å². The van der Waals surface area contributed by atoms with Crippen LogP contribution in [-0.4, -0.2) is 9.78 Å². The molecule has 1 aliphatic rings. The first-order chi connectivity index (χ1) is 7.34. The van der Waals surface area contributed by atoms with Gasteiger partial charge in [0.15, 0.2) is 0 Å². The van der Waals surface area contributed by atoms with Gasteiger partial charge in [-0.25, -0.2) is 4.68 Å². The van der Waals surface area contributed by atoms with Crippen LogP contribution in [0.25, 0.3) is 5.69 Å². The Morgan fingerprint density at radius 1 is 1.20 bits per heavy atom. The Bertz CT molecular complexity index is 490. The first-order valence-corrected chi connectivity index (χ1v) is 6.69. The maximum atomic E-state index is 4.43. The average molecular weight is 281 g/mol. The maximum absolute atomic E-state index is 4.43. The minimum absolute atomic E-state index is 1.07. The average Bonchev–Trinajstić information content (AvgIpc) is 2.80. The molecule has 4 heteroatoms. The normalized spacial score (nSPS) is 14.2. The molecule has 3 rings (SSSR count). The van der Waals surface area contributed by atoms with Gasteiger partial charge in [0.1, 0.15) is 0 Å². The first kappa shape index (κ1) is 9.48. The van der Waals surface area contributed by atoms with Crippen LogP contribution < -0.4 is 0 Å². The summed E-state index contributed by atoms with van der Waals surface area (Å²) in [5, 5.41) is 4.43. The van der Waals surface area contributed by atoms with Crippen molar-refractivity contribution in [3.63, 3.8) is 0 Å². The summed E-state index contributed by atoms with van der Waals surface area (Å²) in [5.74, 6) is 2.18. The summed E-state index contributed by atoms with van der Waals surface area (Å²) in [6, 6.07) is 8.26. The van der Waals surface area contributed by atoms with Crippen LogP contribution in [0.3, 0.4) is 0 Å². The molecule has 0 N–H and O–H groups in total. The van der Waals surface area contributed by atoms with Crippen LogP contribution in [0.5, 0.6) is 0 Å². The largest absolute Gasteiger partial charge is 0.237 e. The van der Waals surface area contributed by atoms with Crippen LogP contribution in [0.15, 0.2) is 34.9 Å². The lowest BCUT2D eigenvalue weighted by Crippen LogP contribution is -1.99. The van der Waals surface area contributed by atoms with E-state index in [9.17, 15) is 0 Å². The van der Waals surface area contributed by atoms with Gasteiger partial charge in [-0.05, 0) is 24.3 Å². The summed E-state index contributed by atoms with van der Waals surface area (Å²) in [6.45, 7) is 0. The molecular formula is C11H9BrN2S. The number of halogens is 1. The van der Waals surface area contributed by atoms with E-state index in [1.54, 1.807) is 0 Å². The Morgan fingerprint density at radius 3 is 2.80 bits per heavy atom. The summed E-state index contributed by atoms with van der Waals surface area (Å²) < 4.78 is 3.14. The fourth-order valence-electron chi connectivity index (χ4n) is 1.74. The molecule has 1 aliphatic heterocycles. The third-order valence-corrected chi connectivity index (χ3v) is 4.04. The van der Waals surface area contributed by atoms with Gasteiger partial charge in [0.25, 0.3) is 0 Å². The molecule has 0 fully saturated rings. The van der Waals surface area contributed by atoms with Crippen LogP contribution in [0.2, 0.25) is 0 Å². The third-order valence-electron chi connectivity index (χ3n) is 2.52. The van der Waals surface area contributed by atoms with E-state index in [2.05, 4.69) is 33.2 Å². The van der Waals surface area contributed by atoms with Crippen molar-refractivity contribution in [1.82, 2.24) is 9.78 Å². The van der Waals surface area contributed by atoms with E-state index in [-0.39, 0.29) is 0 Å². The Hall–Kier alpha value is -0.740. The number of aromatic nitrogens is 2.